The number of alkyl halides is 2. The Labute approximate surface area is 212 Å². The second kappa shape index (κ2) is 9.39. The van der Waals surface area contributed by atoms with Crippen LogP contribution in [0.1, 0.15) is 98.8 Å². The van der Waals surface area contributed by atoms with Crippen molar-refractivity contribution in [2.75, 3.05) is 6.61 Å². The average Bonchev–Trinajstić information content (AvgIpc) is 2.79. The fraction of sp³-hybridized carbons (Fsp3) is 0.960. The predicted molar refractivity (Wildman–Crippen MR) is 128 cm³/mol. The first-order valence-electron chi connectivity index (χ1n) is 13.1. The molecule has 0 amide bonds. The van der Waals surface area contributed by atoms with Crippen LogP contribution in [0.5, 0.6) is 0 Å². The molecule has 210 valence electrons. The highest BCUT2D eigenvalue weighted by atomic mass is 32.2. The molecule has 0 saturated heterocycles. The van der Waals surface area contributed by atoms with E-state index in [1.807, 2.05) is 27.7 Å². The number of aliphatic hydroxyl groups is 2. The SMILES string of the molecule is CCC(O)(CC)C12CC3CC(OCC(=O)OC(C)C(F)(F)S(=O)(=O)O)(C1)CC(C(O)(CC)CC)(C3)C2. The van der Waals surface area contributed by atoms with Crippen molar-refractivity contribution in [3.63, 3.8) is 0 Å². The van der Waals surface area contributed by atoms with E-state index in [4.69, 9.17) is 9.29 Å². The van der Waals surface area contributed by atoms with E-state index in [0.717, 1.165) is 12.8 Å². The summed E-state index contributed by atoms with van der Waals surface area (Å²) >= 11 is 0. The summed E-state index contributed by atoms with van der Waals surface area (Å²) in [5, 5.41) is 18.9. The molecule has 11 heteroatoms. The Hall–Kier alpha value is -0.880. The van der Waals surface area contributed by atoms with Crippen LogP contribution >= 0.6 is 0 Å². The predicted octanol–water partition coefficient (Wildman–Crippen LogP) is 4.23. The smallest absolute Gasteiger partial charge is 0.405 e. The number of hydrogen-bond acceptors (Lipinski definition) is 7. The van der Waals surface area contributed by atoms with E-state index in [2.05, 4.69) is 4.74 Å². The zero-order chi connectivity index (χ0) is 27.4. The minimum atomic E-state index is -5.77. The van der Waals surface area contributed by atoms with Gasteiger partial charge in [0.05, 0.1) is 16.8 Å². The molecule has 0 radical (unpaired) electrons. The van der Waals surface area contributed by atoms with Crippen LogP contribution in [0, 0.1) is 16.7 Å². The summed E-state index contributed by atoms with van der Waals surface area (Å²) in [5.74, 6) is -1.01. The van der Waals surface area contributed by atoms with Crippen molar-refractivity contribution in [2.24, 2.45) is 16.7 Å². The van der Waals surface area contributed by atoms with Crippen molar-refractivity contribution in [3.8, 4) is 0 Å². The van der Waals surface area contributed by atoms with Gasteiger partial charge in [0.25, 0.3) is 0 Å². The Kier molecular flexibility index (Phi) is 7.74. The molecule has 0 heterocycles. The van der Waals surface area contributed by atoms with Gasteiger partial charge >= 0.3 is 21.3 Å². The molecule has 0 aliphatic heterocycles. The third kappa shape index (κ3) is 4.50. The minimum absolute atomic E-state index is 0.161. The Morgan fingerprint density at radius 1 is 0.944 bits per heavy atom. The molecule has 3 unspecified atom stereocenters. The summed E-state index contributed by atoms with van der Waals surface area (Å²) in [5.41, 5.74) is -3.88. The van der Waals surface area contributed by atoms with Crippen LogP contribution in [-0.2, 0) is 24.4 Å². The summed E-state index contributed by atoms with van der Waals surface area (Å²) in [4.78, 5) is 12.4. The Bertz CT molecular complexity index is 910. The zero-order valence-corrected chi connectivity index (χ0v) is 22.8. The first-order valence-corrected chi connectivity index (χ1v) is 14.5. The lowest BCUT2D eigenvalue weighted by molar-refractivity contribution is -0.303. The molecule has 0 aromatic heterocycles. The molecule has 0 aromatic carbocycles. The van der Waals surface area contributed by atoms with Gasteiger partial charge in [-0.05, 0) is 77.0 Å². The first kappa shape index (κ1) is 29.7. The Morgan fingerprint density at radius 2 is 1.39 bits per heavy atom. The van der Waals surface area contributed by atoms with Crippen LogP contribution in [0.15, 0.2) is 0 Å². The third-order valence-electron chi connectivity index (χ3n) is 9.95. The fourth-order valence-electron chi connectivity index (χ4n) is 8.27. The van der Waals surface area contributed by atoms with E-state index >= 15 is 0 Å². The lowest BCUT2D eigenvalue weighted by atomic mass is 9.36. The van der Waals surface area contributed by atoms with Crippen LogP contribution in [0.2, 0.25) is 0 Å². The fourth-order valence-corrected chi connectivity index (χ4v) is 8.74. The maximum atomic E-state index is 13.8. The van der Waals surface area contributed by atoms with E-state index in [1.54, 1.807) is 0 Å². The monoisotopic (exact) mass is 540 g/mol. The molecule has 4 rings (SSSR count). The van der Waals surface area contributed by atoms with Crippen molar-refractivity contribution in [2.45, 2.75) is 127 Å². The summed E-state index contributed by atoms with van der Waals surface area (Å²) in [6.45, 7) is 7.79. The van der Waals surface area contributed by atoms with Gasteiger partial charge in [0, 0.05) is 10.8 Å². The van der Waals surface area contributed by atoms with E-state index in [-0.39, 0.29) is 5.92 Å². The molecule has 4 aliphatic carbocycles. The molecular weight excluding hydrogens is 498 g/mol. The number of rotatable bonds is 12. The van der Waals surface area contributed by atoms with Crippen molar-refractivity contribution in [1.82, 2.24) is 0 Å². The maximum Gasteiger partial charge on any atom is 0.405 e. The highest BCUT2D eigenvalue weighted by Crippen LogP contribution is 2.73. The van der Waals surface area contributed by atoms with Crippen LogP contribution in [-0.4, -0.2) is 63.9 Å². The molecule has 0 aromatic rings. The Morgan fingerprint density at radius 3 is 1.78 bits per heavy atom. The average molecular weight is 541 g/mol. The van der Waals surface area contributed by atoms with Gasteiger partial charge in [-0.15, -0.1) is 0 Å². The van der Waals surface area contributed by atoms with Gasteiger partial charge in [-0.3, -0.25) is 4.55 Å². The number of hydrogen-bond donors (Lipinski definition) is 3. The highest BCUT2D eigenvalue weighted by Gasteiger charge is 2.72. The van der Waals surface area contributed by atoms with Gasteiger partial charge in [0.1, 0.15) is 6.61 Å². The van der Waals surface area contributed by atoms with E-state index in [0.29, 0.717) is 58.3 Å². The second-order valence-electron chi connectivity index (χ2n) is 11.7. The van der Waals surface area contributed by atoms with E-state index < -0.39 is 61.7 Å². The molecule has 4 fully saturated rings. The van der Waals surface area contributed by atoms with Gasteiger partial charge in [-0.1, -0.05) is 27.7 Å². The Balaban J connectivity index is 1.90. The lowest BCUT2D eigenvalue weighted by Crippen LogP contribution is -2.71. The third-order valence-corrected chi connectivity index (χ3v) is 11.0. The van der Waals surface area contributed by atoms with E-state index in [1.165, 1.54) is 0 Å². The van der Waals surface area contributed by atoms with Gasteiger partial charge in [-0.25, -0.2) is 4.79 Å². The van der Waals surface area contributed by atoms with Crippen molar-refractivity contribution in [3.05, 3.63) is 0 Å². The molecule has 4 bridgehead atoms. The molecular formula is C25H42F2O8S. The van der Waals surface area contributed by atoms with E-state index in [9.17, 15) is 32.2 Å². The largest absolute Gasteiger partial charge is 0.453 e. The molecule has 0 spiro atoms. The van der Waals surface area contributed by atoms with Crippen LogP contribution in [0.3, 0.4) is 0 Å². The first-order chi connectivity index (χ1) is 16.4. The second-order valence-corrected chi connectivity index (χ2v) is 13.2. The molecule has 4 saturated carbocycles. The number of carbonyl (C=O) groups is 1. The highest BCUT2D eigenvalue weighted by molar-refractivity contribution is 7.86. The molecule has 36 heavy (non-hydrogen) atoms. The zero-order valence-electron chi connectivity index (χ0n) is 22.0. The molecule has 3 atom stereocenters. The minimum Gasteiger partial charge on any atom is -0.453 e. The van der Waals surface area contributed by atoms with Crippen LogP contribution < -0.4 is 0 Å². The van der Waals surface area contributed by atoms with Gasteiger partial charge in [-0.2, -0.15) is 17.2 Å². The van der Waals surface area contributed by atoms with Gasteiger partial charge < -0.3 is 19.7 Å². The normalized spacial score (nSPS) is 33.6. The standard InChI is InChI=1S/C25H42F2O8S/c1-6-23(29,7-2)20-10-18-11-21(14-20,24(30,8-3)9-4)16-22(12-18,15-20)34-13-19(28)35-17(5)25(26,27)36(31,32)33/h17-18,29-30H,6-16H2,1-5H3,(H,31,32,33). The molecule has 3 N–H and O–H groups in total. The summed E-state index contributed by atoms with van der Waals surface area (Å²) < 4.78 is 69.2. The summed E-state index contributed by atoms with van der Waals surface area (Å²) in [6.07, 6.45) is 3.53. The number of carbonyl (C=O) groups excluding carboxylic acids is 1. The molecule has 8 nitrogen and oxygen atoms in total. The number of ether oxygens (including phenoxy) is 2. The van der Waals surface area contributed by atoms with Gasteiger partial charge in [0.2, 0.25) is 0 Å². The summed E-state index contributed by atoms with van der Waals surface area (Å²) in [7, 11) is -5.77. The quantitative estimate of drug-likeness (QED) is 0.248. The topological polar surface area (TPSA) is 130 Å². The van der Waals surface area contributed by atoms with Crippen LogP contribution in [0.4, 0.5) is 8.78 Å². The van der Waals surface area contributed by atoms with Gasteiger partial charge in [0.15, 0.2) is 6.10 Å². The number of esters is 1. The number of halogens is 2. The van der Waals surface area contributed by atoms with Crippen molar-refractivity contribution >= 4 is 16.1 Å². The lowest BCUT2D eigenvalue weighted by Gasteiger charge is -2.72. The van der Waals surface area contributed by atoms with Crippen molar-refractivity contribution < 1.29 is 46.2 Å². The maximum absolute atomic E-state index is 13.8. The van der Waals surface area contributed by atoms with Crippen LogP contribution in [0.25, 0.3) is 0 Å². The molecule has 4 aliphatic rings. The summed E-state index contributed by atoms with van der Waals surface area (Å²) in [6, 6.07) is 0. The van der Waals surface area contributed by atoms with Crippen molar-refractivity contribution in [1.29, 1.82) is 0 Å².